The molecule has 0 bridgehead atoms. The van der Waals surface area contributed by atoms with E-state index in [1.54, 1.807) is 36.4 Å². The summed E-state index contributed by atoms with van der Waals surface area (Å²) in [7, 11) is 0. The van der Waals surface area contributed by atoms with Crippen LogP contribution in [0.15, 0.2) is 58.6 Å². The van der Waals surface area contributed by atoms with Crippen LogP contribution >= 0.6 is 0 Å². The van der Waals surface area contributed by atoms with Crippen molar-refractivity contribution in [3.8, 4) is 0 Å². The van der Waals surface area contributed by atoms with Crippen molar-refractivity contribution in [3.63, 3.8) is 0 Å². The topological polar surface area (TPSA) is 36.8 Å². The van der Waals surface area contributed by atoms with Crippen LogP contribution in [0.3, 0.4) is 0 Å². The van der Waals surface area contributed by atoms with E-state index in [1.807, 2.05) is 26.0 Å². The molecule has 3 nitrogen and oxygen atoms in total. The van der Waals surface area contributed by atoms with Crippen LogP contribution in [0.2, 0.25) is 0 Å². The number of rotatable bonds is 2. The fourth-order valence-corrected chi connectivity index (χ4v) is 2.55. The van der Waals surface area contributed by atoms with Crippen LogP contribution in [0.4, 0.5) is 13.2 Å². The summed E-state index contributed by atoms with van der Waals surface area (Å²) in [5.41, 5.74) is 4.47. The molecule has 0 saturated carbocycles. The van der Waals surface area contributed by atoms with Gasteiger partial charge in [-0.2, -0.15) is 18.3 Å². The average Bonchev–Trinajstić information content (AvgIpc) is 2.55. The largest absolute Gasteiger partial charge is 0.435 e. The minimum Gasteiger partial charge on any atom is -0.281 e. The second-order valence-electron chi connectivity index (χ2n) is 5.69. The predicted molar refractivity (Wildman–Crippen MR) is 88.3 cm³/mol. The summed E-state index contributed by atoms with van der Waals surface area (Å²) in [6, 6.07) is 13.9. The van der Waals surface area contributed by atoms with Crippen LogP contribution in [-0.2, 0) is 0 Å². The van der Waals surface area contributed by atoms with Gasteiger partial charge in [0.1, 0.15) is 5.71 Å². The number of aliphatic imine (C=N–C) groups is 1. The molecule has 1 atom stereocenters. The molecule has 6 heteroatoms. The van der Waals surface area contributed by atoms with E-state index in [9.17, 15) is 13.2 Å². The number of nitrogens with zero attached hydrogens (tertiary/aromatic N) is 2. The lowest BCUT2D eigenvalue weighted by Gasteiger charge is -2.24. The zero-order valence-electron chi connectivity index (χ0n) is 13.2. The Bertz CT molecular complexity index is 805. The lowest BCUT2D eigenvalue weighted by molar-refractivity contribution is -0.0573. The summed E-state index contributed by atoms with van der Waals surface area (Å²) in [5, 5.41) is 3.99. The molecule has 1 aliphatic heterocycles. The zero-order chi connectivity index (χ0) is 17.3. The van der Waals surface area contributed by atoms with Gasteiger partial charge in [0.15, 0.2) is 11.9 Å². The Morgan fingerprint density at radius 2 is 1.62 bits per heavy atom. The SMILES string of the molecule is Cc1ccc(C2=NNC(c3ccccc3C)N=C2C(F)(F)F)cc1. The van der Waals surface area contributed by atoms with Crippen molar-refractivity contribution >= 4 is 11.4 Å². The molecule has 0 radical (unpaired) electrons. The van der Waals surface area contributed by atoms with E-state index in [0.717, 1.165) is 11.1 Å². The molecule has 0 saturated heterocycles. The highest BCUT2D eigenvalue weighted by atomic mass is 19.4. The lowest BCUT2D eigenvalue weighted by atomic mass is 10.0. The predicted octanol–water partition coefficient (Wildman–Crippen LogP) is 4.31. The summed E-state index contributed by atoms with van der Waals surface area (Å²) in [5.74, 6) is 0. The summed E-state index contributed by atoms with van der Waals surface area (Å²) in [4.78, 5) is 3.91. The van der Waals surface area contributed by atoms with Gasteiger partial charge < -0.3 is 0 Å². The maximum Gasteiger partial charge on any atom is 0.435 e. The van der Waals surface area contributed by atoms with E-state index in [0.29, 0.717) is 11.1 Å². The Labute approximate surface area is 137 Å². The van der Waals surface area contributed by atoms with Gasteiger partial charge in [-0.3, -0.25) is 5.43 Å². The van der Waals surface area contributed by atoms with Gasteiger partial charge in [-0.05, 0) is 19.4 Å². The molecule has 1 aliphatic rings. The van der Waals surface area contributed by atoms with Crippen molar-refractivity contribution in [1.29, 1.82) is 0 Å². The normalized spacial score (nSPS) is 17.8. The van der Waals surface area contributed by atoms with E-state index >= 15 is 0 Å². The third-order valence-electron chi connectivity index (χ3n) is 3.86. The van der Waals surface area contributed by atoms with Gasteiger partial charge in [0.25, 0.3) is 0 Å². The van der Waals surface area contributed by atoms with Gasteiger partial charge >= 0.3 is 6.18 Å². The molecule has 2 aromatic rings. The van der Waals surface area contributed by atoms with Crippen molar-refractivity contribution in [3.05, 3.63) is 70.8 Å². The van der Waals surface area contributed by atoms with Crippen molar-refractivity contribution < 1.29 is 13.2 Å². The smallest absolute Gasteiger partial charge is 0.281 e. The molecular weight excluding hydrogens is 315 g/mol. The molecular formula is C18H16F3N3. The van der Waals surface area contributed by atoms with Crippen molar-refractivity contribution in [2.75, 3.05) is 0 Å². The zero-order valence-corrected chi connectivity index (χ0v) is 13.2. The highest BCUT2D eigenvalue weighted by molar-refractivity contribution is 6.50. The molecule has 0 aromatic heterocycles. The maximum atomic E-state index is 13.5. The third-order valence-corrected chi connectivity index (χ3v) is 3.86. The molecule has 1 N–H and O–H groups in total. The summed E-state index contributed by atoms with van der Waals surface area (Å²) < 4.78 is 40.5. The van der Waals surface area contributed by atoms with Crippen LogP contribution < -0.4 is 5.43 Å². The summed E-state index contributed by atoms with van der Waals surface area (Å²) in [6.07, 6.45) is -5.43. The van der Waals surface area contributed by atoms with Crippen molar-refractivity contribution in [2.24, 2.45) is 10.1 Å². The quantitative estimate of drug-likeness (QED) is 0.874. The number of hydrogen-bond acceptors (Lipinski definition) is 3. The second-order valence-corrected chi connectivity index (χ2v) is 5.69. The molecule has 1 unspecified atom stereocenters. The van der Waals surface area contributed by atoms with Crippen LogP contribution in [-0.4, -0.2) is 17.6 Å². The highest BCUT2D eigenvalue weighted by Gasteiger charge is 2.42. The molecule has 124 valence electrons. The number of hydrogen-bond donors (Lipinski definition) is 1. The third kappa shape index (κ3) is 3.18. The number of nitrogens with one attached hydrogen (secondary N) is 1. The van der Waals surface area contributed by atoms with E-state index in [4.69, 9.17) is 0 Å². The van der Waals surface area contributed by atoms with Gasteiger partial charge in [-0.1, -0.05) is 54.1 Å². The van der Waals surface area contributed by atoms with E-state index in [1.165, 1.54) is 0 Å². The fourth-order valence-electron chi connectivity index (χ4n) is 2.55. The Morgan fingerprint density at radius 3 is 2.25 bits per heavy atom. The first-order valence-corrected chi connectivity index (χ1v) is 7.47. The molecule has 2 aromatic carbocycles. The first-order valence-electron chi connectivity index (χ1n) is 7.47. The van der Waals surface area contributed by atoms with Crippen LogP contribution in [0.5, 0.6) is 0 Å². The van der Waals surface area contributed by atoms with Crippen molar-refractivity contribution in [1.82, 2.24) is 5.43 Å². The van der Waals surface area contributed by atoms with Crippen molar-refractivity contribution in [2.45, 2.75) is 26.2 Å². The average molecular weight is 331 g/mol. The van der Waals surface area contributed by atoms with Gasteiger partial charge in [0, 0.05) is 11.1 Å². The number of benzene rings is 2. The van der Waals surface area contributed by atoms with Gasteiger partial charge in [-0.15, -0.1) is 0 Å². The minimum atomic E-state index is -4.58. The van der Waals surface area contributed by atoms with Crippen LogP contribution in [0.1, 0.15) is 28.4 Å². The summed E-state index contributed by atoms with van der Waals surface area (Å²) >= 11 is 0. The molecule has 0 amide bonds. The van der Waals surface area contributed by atoms with Gasteiger partial charge in [0.05, 0.1) is 0 Å². The van der Waals surface area contributed by atoms with Crippen LogP contribution in [0.25, 0.3) is 0 Å². The first-order chi connectivity index (χ1) is 11.4. The Hall–Kier alpha value is -2.63. The molecule has 0 aliphatic carbocycles. The number of alkyl halides is 3. The minimum absolute atomic E-state index is 0.188. The molecule has 0 fully saturated rings. The molecule has 1 heterocycles. The second kappa shape index (κ2) is 6.11. The molecule has 0 spiro atoms. The fraction of sp³-hybridized carbons (Fsp3) is 0.222. The van der Waals surface area contributed by atoms with E-state index < -0.39 is 18.1 Å². The van der Waals surface area contributed by atoms with E-state index in [-0.39, 0.29) is 5.71 Å². The number of hydrazone groups is 1. The Morgan fingerprint density at radius 1 is 0.958 bits per heavy atom. The van der Waals surface area contributed by atoms with E-state index in [2.05, 4.69) is 15.5 Å². The molecule has 3 rings (SSSR count). The number of halogens is 3. The lowest BCUT2D eigenvalue weighted by Crippen LogP contribution is -2.38. The standard InChI is InChI=1S/C18H16F3N3/c1-11-7-9-13(10-8-11)15-16(18(19,20)21)22-17(24-23-15)14-6-4-3-5-12(14)2/h3-10,17,24H,1-2H3. The molecule has 24 heavy (non-hydrogen) atoms. The van der Waals surface area contributed by atoms with Gasteiger partial charge in [-0.25, -0.2) is 4.99 Å². The maximum absolute atomic E-state index is 13.5. The van der Waals surface area contributed by atoms with Crippen LogP contribution in [0, 0.1) is 13.8 Å². The first kappa shape index (κ1) is 16.2. The van der Waals surface area contributed by atoms with Gasteiger partial charge in [0.2, 0.25) is 0 Å². The monoisotopic (exact) mass is 331 g/mol. The number of aryl methyl sites for hydroxylation is 2. The highest BCUT2D eigenvalue weighted by Crippen LogP contribution is 2.28. The Balaban J connectivity index is 2.03. The Kier molecular flexibility index (Phi) is 4.13. The summed E-state index contributed by atoms with van der Waals surface area (Å²) in [6.45, 7) is 3.71.